The summed E-state index contributed by atoms with van der Waals surface area (Å²) in [6.45, 7) is -2.52. The van der Waals surface area contributed by atoms with Crippen LogP contribution in [0.2, 0.25) is 0 Å². The third-order valence-electron chi connectivity index (χ3n) is 4.87. The number of aromatic amines is 1. The summed E-state index contributed by atoms with van der Waals surface area (Å²) < 4.78 is 70.9. The number of methoxy groups -OCH3 is 1. The molecule has 1 aromatic carbocycles. The van der Waals surface area contributed by atoms with Gasteiger partial charge in [0.25, 0.3) is 5.85 Å². The number of aliphatic hydroxyl groups is 2. The molecule has 3 heterocycles. The first-order valence-corrected chi connectivity index (χ1v) is 11.0. The molecule has 2 aromatic rings. The number of halogens is 1. The van der Waals surface area contributed by atoms with Gasteiger partial charge < -0.3 is 24.2 Å². The van der Waals surface area contributed by atoms with Gasteiger partial charge in [-0.15, -0.1) is 0 Å². The molecule has 32 heavy (non-hydrogen) atoms. The Labute approximate surface area is 188 Å². The first kappa shape index (κ1) is 20.5. The third kappa shape index (κ3) is 4.01. The van der Waals surface area contributed by atoms with E-state index in [4.69, 9.17) is 38.0 Å². The summed E-state index contributed by atoms with van der Waals surface area (Å²) in [4.78, 5) is 14.5. The van der Waals surface area contributed by atoms with Crippen molar-refractivity contribution in [2.75, 3.05) is 13.7 Å². The molecule has 2 aliphatic rings. The second-order valence-electron chi connectivity index (χ2n) is 7.02. The van der Waals surface area contributed by atoms with Gasteiger partial charge in [0.05, 0.1) is 16.5 Å². The topological polar surface area (TPSA) is 141 Å². The number of benzene rings is 1. The molecule has 174 valence electrons. The van der Waals surface area contributed by atoms with Crippen LogP contribution in [0.5, 0.6) is 11.5 Å². The number of ether oxygens (including phenoxy) is 2. The van der Waals surface area contributed by atoms with Crippen LogP contribution in [-0.2, 0) is 25.0 Å². The molecule has 4 rings (SSSR count). The van der Waals surface area contributed by atoms with Gasteiger partial charge in [0.15, 0.2) is 17.7 Å². The summed E-state index contributed by atoms with van der Waals surface area (Å²) in [5.74, 6) is -3.72. The van der Waals surface area contributed by atoms with Gasteiger partial charge in [-0.25, -0.2) is 13.8 Å². The number of phosphoric ester groups is 1. The maximum atomic E-state index is 15.8. The molecule has 1 aromatic heterocycles. The van der Waals surface area contributed by atoms with E-state index in [0.29, 0.717) is 15.7 Å². The molecule has 0 amide bonds. The summed E-state index contributed by atoms with van der Waals surface area (Å²) in [5.41, 5.74) is -0.140. The molecule has 0 spiro atoms. The van der Waals surface area contributed by atoms with Crippen molar-refractivity contribution in [2.24, 2.45) is 0 Å². The molecule has 2 aliphatic heterocycles. The second kappa shape index (κ2) is 8.34. The Morgan fingerprint density at radius 3 is 2.97 bits per heavy atom. The van der Waals surface area contributed by atoms with Crippen LogP contribution in [0.1, 0.15) is 20.1 Å². The highest BCUT2D eigenvalue weighted by Crippen LogP contribution is 2.57. The molecule has 1 fully saturated rings. The van der Waals surface area contributed by atoms with E-state index in [1.54, 1.807) is 12.1 Å². The molecule has 3 N–H and O–H groups in total. The zero-order valence-electron chi connectivity index (χ0n) is 18.7. The zero-order chi connectivity index (χ0) is 25.1. The fraction of sp³-hybridized carbons (Fsp3) is 0.444. The average Bonchev–Trinajstić information content (AvgIpc) is 3.00. The van der Waals surface area contributed by atoms with Gasteiger partial charge in [0, 0.05) is 17.3 Å². The monoisotopic (exact) mass is 492 g/mol. The van der Waals surface area contributed by atoms with Crippen LogP contribution in [-0.4, -0.2) is 51.5 Å². The first-order chi connectivity index (χ1) is 15.8. The van der Waals surface area contributed by atoms with Crippen molar-refractivity contribution >= 4 is 20.0 Å². The van der Waals surface area contributed by atoms with Crippen LogP contribution in [0.25, 0.3) is 0 Å². The SMILES string of the molecule is [2H]C([2H])(OP1(=O)OCc2cccc(OC)c2O1)[C@@]1(F)O[C@@H](n2cc(C)c(=S)[nH]c2=O)[C@H](O)[C@@H]1O. The number of aliphatic hydroxyl groups excluding tert-OH is 2. The van der Waals surface area contributed by atoms with Crippen molar-refractivity contribution in [3.63, 3.8) is 0 Å². The number of phosphoric acid groups is 1. The zero-order valence-corrected chi connectivity index (χ0v) is 18.4. The van der Waals surface area contributed by atoms with Gasteiger partial charge in [-0.2, -0.15) is 0 Å². The molecule has 0 aliphatic carbocycles. The lowest BCUT2D eigenvalue weighted by Crippen LogP contribution is -2.43. The number of hydrogen-bond acceptors (Lipinski definition) is 10. The van der Waals surface area contributed by atoms with Crippen molar-refractivity contribution in [3.8, 4) is 11.5 Å². The number of rotatable bonds is 5. The average molecular weight is 492 g/mol. The largest absolute Gasteiger partial charge is 0.530 e. The van der Waals surface area contributed by atoms with Crippen LogP contribution < -0.4 is 15.0 Å². The standard InChI is InChI=1S/C18H20FN2O9PS/c1-9-6-21(17(24)20-15(9)32)16-12(22)14(23)18(19,29-16)8-28-31(25)27-7-10-4-3-5-11(26-2)13(10)30-31/h3-6,12,14,16,22-23H,7-8H2,1-2H3,(H,20,24,32)/t12-,14+,16-,18-,31?/m1/s1/i8D2. The van der Waals surface area contributed by atoms with E-state index in [1.165, 1.54) is 20.1 Å². The van der Waals surface area contributed by atoms with Crippen molar-refractivity contribution in [1.29, 1.82) is 0 Å². The number of para-hydroxylation sites is 1. The number of nitrogens with zero attached hydrogens (tertiary/aromatic N) is 1. The highest BCUT2D eigenvalue weighted by Gasteiger charge is 2.57. The normalized spacial score (nSPS) is 33.1. The Morgan fingerprint density at radius 2 is 2.25 bits per heavy atom. The van der Waals surface area contributed by atoms with E-state index in [2.05, 4.69) is 4.98 Å². The molecule has 0 bridgehead atoms. The molecule has 11 nitrogen and oxygen atoms in total. The van der Waals surface area contributed by atoms with Gasteiger partial charge >= 0.3 is 13.5 Å². The Bertz CT molecular complexity index is 1280. The summed E-state index contributed by atoms with van der Waals surface area (Å²) in [6.07, 6.45) is -5.43. The van der Waals surface area contributed by atoms with Crippen LogP contribution in [0.15, 0.2) is 29.2 Å². The Balaban J connectivity index is 1.64. The predicted octanol–water partition coefficient (Wildman–Crippen LogP) is 1.87. The van der Waals surface area contributed by atoms with Crippen LogP contribution in [0.3, 0.4) is 0 Å². The van der Waals surface area contributed by atoms with Gasteiger partial charge in [-0.1, -0.05) is 24.4 Å². The van der Waals surface area contributed by atoms with E-state index in [9.17, 15) is 19.6 Å². The van der Waals surface area contributed by atoms with E-state index in [1.807, 2.05) is 0 Å². The van der Waals surface area contributed by atoms with E-state index < -0.39 is 44.4 Å². The number of nitrogens with one attached hydrogen (secondary N) is 1. The highest BCUT2D eigenvalue weighted by molar-refractivity contribution is 7.71. The number of alkyl halides is 1. The fourth-order valence-corrected chi connectivity index (χ4v) is 4.41. The lowest BCUT2D eigenvalue weighted by atomic mass is 10.1. The molecule has 1 saturated heterocycles. The molecule has 0 saturated carbocycles. The van der Waals surface area contributed by atoms with Crippen molar-refractivity contribution in [3.05, 3.63) is 50.6 Å². The number of hydrogen-bond donors (Lipinski definition) is 3. The second-order valence-corrected chi connectivity index (χ2v) is 8.95. The van der Waals surface area contributed by atoms with Crippen molar-refractivity contribution in [1.82, 2.24) is 9.55 Å². The number of H-pyrrole nitrogens is 1. The van der Waals surface area contributed by atoms with E-state index >= 15 is 4.39 Å². The lowest BCUT2D eigenvalue weighted by molar-refractivity contribution is -0.205. The molecule has 1 unspecified atom stereocenters. The van der Waals surface area contributed by atoms with Crippen molar-refractivity contribution < 1.29 is 45.0 Å². The summed E-state index contributed by atoms with van der Waals surface area (Å²) in [7, 11) is -3.50. The first-order valence-electron chi connectivity index (χ1n) is 10.2. The minimum Gasteiger partial charge on any atom is -0.493 e. The van der Waals surface area contributed by atoms with Crippen LogP contribution in [0.4, 0.5) is 4.39 Å². The van der Waals surface area contributed by atoms with Gasteiger partial charge in [-0.3, -0.25) is 18.6 Å². The van der Waals surface area contributed by atoms with Gasteiger partial charge in [0.1, 0.15) is 23.4 Å². The quantitative estimate of drug-likeness (QED) is 0.418. The highest BCUT2D eigenvalue weighted by atomic mass is 32.1. The smallest absolute Gasteiger partial charge is 0.493 e. The lowest BCUT2D eigenvalue weighted by Gasteiger charge is -2.28. The summed E-state index contributed by atoms with van der Waals surface area (Å²) in [5, 5.41) is 20.7. The van der Waals surface area contributed by atoms with Gasteiger partial charge in [0.2, 0.25) is 0 Å². The maximum Gasteiger partial charge on any atom is 0.530 e. The van der Waals surface area contributed by atoms with Crippen LogP contribution >= 0.6 is 20.0 Å². The minimum atomic E-state index is -4.82. The third-order valence-corrected chi connectivity index (χ3v) is 6.46. The molecule has 0 radical (unpaired) electrons. The van der Waals surface area contributed by atoms with E-state index in [0.717, 1.165) is 6.20 Å². The fourth-order valence-electron chi connectivity index (χ4n) is 3.16. The Morgan fingerprint density at radius 1 is 1.50 bits per heavy atom. The molecular weight excluding hydrogens is 470 g/mol. The minimum absolute atomic E-state index is 0.0596. The number of aromatic nitrogens is 2. The van der Waals surface area contributed by atoms with Gasteiger partial charge in [-0.05, 0) is 13.0 Å². The number of aryl methyl sites for hydroxylation is 1. The summed E-state index contributed by atoms with van der Waals surface area (Å²) >= 11 is 4.94. The molecule has 14 heteroatoms. The molecule has 5 atom stereocenters. The van der Waals surface area contributed by atoms with E-state index in [-0.39, 0.29) is 22.7 Å². The maximum absolute atomic E-state index is 15.8. The Kier molecular flexibility index (Phi) is 5.34. The molecular formula is C18H20FN2O9PS. The predicted molar refractivity (Wildman–Crippen MR) is 109 cm³/mol. The number of fused-ring (bicyclic) bond motifs is 1. The Hall–Kier alpha value is -2.12. The van der Waals surface area contributed by atoms with Crippen LogP contribution in [0, 0.1) is 11.6 Å². The van der Waals surface area contributed by atoms with Crippen molar-refractivity contribution in [2.45, 2.75) is 37.8 Å². The summed E-state index contributed by atoms with van der Waals surface area (Å²) in [6, 6.07) is 4.67.